The molecule has 2 aliphatic heterocycles. The van der Waals surface area contributed by atoms with Crippen LogP contribution in [0.5, 0.6) is 0 Å². The molecule has 5 rings (SSSR count). The predicted molar refractivity (Wildman–Crippen MR) is 127 cm³/mol. The summed E-state index contributed by atoms with van der Waals surface area (Å²) in [5.41, 5.74) is 8.06. The SMILES string of the molecule is Cc1ccccc1C(=O)N1c2ccccc2N2C(c3c(C)c(C)c(Cl)c(C)c3C)=NON12. The summed E-state index contributed by atoms with van der Waals surface area (Å²) in [5, 5.41) is 9.95. The van der Waals surface area contributed by atoms with Crippen molar-refractivity contribution in [1.82, 2.24) is 5.28 Å². The lowest BCUT2D eigenvalue weighted by molar-refractivity contribution is -0.135. The Balaban J connectivity index is 1.65. The lowest BCUT2D eigenvalue weighted by Gasteiger charge is -2.26. The second-order valence-corrected chi connectivity index (χ2v) is 8.55. The number of carbonyl (C=O) groups excluding carboxylic acids is 1. The van der Waals surface area contributed by atoms with Crippen LogP contribution >= 0.6 is 11.6 Å². The first-order chi connectivity index (χ1) is 15.3. The van der Waals surface area contributed by atoms with Gasteiger partial charge in [-0.2, -0.15) is 10.0 Å². The molecule has 0 aromatic heterocycles. The average Bonchev–Trinajstić information content (AvgIpc) is 3.35. The van der Waals surface area contributed by atoms with Crippen molar-refractivity contribution in [2.75, 3.05) is 10.0 Å². The first-order valence-corrected chi connectivity index (χ1v) is 10.8. The fourth-order valence-corrected chi connectivity index (χ4v) is 4.63. The number of hydrogen-bond donors (Lipinski definition) is 0. The van der Waals surface area contributed by atoms with Crippen LogP contribution in [0.25, 0.3) is 0 Å². The van der Waals surface area contributed by atoms with Crippen LogP contribution in [-0.2, 0) is 4.94 Å². The van der Waals surface area contributed by atoms with Gasteiger partial charge in [0, 0.05) is 16.1 Å². The number of fused-ring (bicyclic) bond motifs is 3. The molecule has 2 heterocycles. The zero-order valence-corrected chi connectivity index (χ0v) is 19.4. The van der Waals surface area contributed by atoms with E-state index in [1.807, 2.05) is 88.2 Å². The van der Waals surface area contributed by atoms with Crippen LogP contribution in [0.15, 0.2) is 53.7 Å². The highest BCUT2D eigenvalue weighted by molar-refractivity contribution is 6.32. The Morgan fingerprint density at radius 2 is 1.44 bits per heavy atom. The van der Waals surface area contributed by atoms with Gasteiger partial charge in [-0.05, 0) is 85.8 Å². The number of anilines is 2. The third kappa shape index (κ3) is 2.76. The van der Waals surface area contributed by atoms with Gasteiger partial charge in [-0.1, -0.05) is 41.9 Å². The van der Waals surface area contributed by atoms with Gasteiger partial charge in [0.05, 0.1) is 16.7 Å². The first-order valence-electron chi connectivity index (χ1n) is 10.4. The largest absolute Gasteiger partial charge is 0.277 e. The summed E-state index contributed by atoms with van der Waals surface area (Å²) < 4.78 is 0. The Morgan fingerprint density at radius 3 is 2.09 bits per heavy atom. The van der Waals surface area contributed by atoms with Gasteiger partial charge in [0.15, 0.2) is 0 Å². The molecular weight excluding hydrogens is 424 g/mol. The quantitative estimate of drug-likeness (QED) is 0.500. The molecule has 1 amide bonds. The van der Waals surface area contributed by atoms with Gasteiger partial charge in [0.1, 0.15) is 0 Å². The summed E-state index contributed by atoms with van der Waals surface area (Å²) >= 11 is 6.56. The molecule has 0 aliphatic carbocycles. The number of carbonyl (C=O) groups is 1. The van der Waals surface area contributed by atoms with Crippen molar-refractivity contribution in [1.29, 1.82) is 0 Å². The molecule has 0 radical (unpaired) electrons. The van der Waals surface area contributed by atoms with E-state index in [9.17, 15) is 4.79 Å². The fourth-order valence-electron chi connectivity index (χ4n) is 4.35. The van der Waals surface area contributed by atoms with E-state index in [2.05, 4.69) is 5.16 Å². The number of hydrogen-bond acceptors (Lipinski definition) is 5. The highest BCUT2D eigenvalue weighted by Gasteiger charge is 2.47. The fraction of sp³-hybridized carbons (Fsp3) is 0.200. The van der Waals surface area contributed by atoms with Gasteiger partial charge in [-0.15, -0.1) is 0 Å². The maximum Gasteiger partial charge on any atom is 0.277 e. The minimum atomic E-state index is -0.189. The Kier molecular flexibility index (Phi) is 4.73. The van der Waals surface area contributed by atoms with E-state index < -0.39 is 0 Å². The van der Waals surface area contributed by atoms with Gasteiger partial charge in [-0.3, -0.25) is 9.73 Å². The molecule has 0 saturated heterocycles. The molecule has 0 N–H and O–H groups in total. The molecule has 32 heavy (non-hydrogen) atoms. The number of para-hydroxylation sites is 2. The number of nitrogens with zero attached hydrogens (tertiary/aromatic N) is 4. The van der Waals surface area contributed by atoms with Gasteiger partial charge >= 0.3 is 0 Å². The number of oxime groups is 1. The Bertz CT molecular complexity index is 1290. The predicted octanol–water partition coefficient (Wildman–Crippen LogP) is 5.79. The third-order valence-electron chi connectivity index (χ3n) is 6.41. The first kappa shape index (κ1) is 20.5. The maximum absolute atomic E-state index is 13.6. The number of amidine groups is 1. The summed E-state index contributed by atoms with van der Waals surface area (Å²) in [7, 11) is 0. The molecule has 2 aliphatic rings. The number of aryl methyl sites for hydroxylation is 1. The molecule has 0 atom stereocenters. The molecule has 0 fully saturated rings. The van der Waals surface area contributed by atoms with Crippen LogP contribution in [0.3, 0.4) is 0 Å². The van der Waals surface area contributed by atoms with Crippen LogP contribution in [0.1, 0.15) is 43.7 Å². The number of rotatable bonds is 2. The average molecular weight is 447 g/mol. The van der Waals surface area contributed by atoms with E-state index in [4.69, 9.17) is 16.5 Å². The van der Waals surface area contributed by atoms with Gasteiger partial charge in [0.2, 0.25) is 5.84 Å². The minimum absolute atomic E-state index is 0.189. The molecule has 0 spiro atoms. The van der Waals surface area contributed by atoms with E-state index in [-0.39, 0.29) is 5.91 Å². The minimum Gasteiger partial charge on any atom is -0.267 e. The van der Waals surface area contributed by atoms with Crippen molar-refractivity contribution in [3.8, 4) is 0 Å². The van der Waals surface area contributed by atoms with Crippen LogP contribution in [0.2, 0.25) is 5.02 Å². The standard InChI is InChI=1S/C25H23ClN4O2/c1-14-10-6-7-11-19(14)25(31)29-21-13-9-8-12-20(21)28-24(27-32-30(28)29)22-15(2)17(4)23(26)18(5)16(22)3/h6-13H,1-5H3. The van der Waals surface area contributed by atoms with Crippen molar-refractivity contribution in [3.05, 3.63) is 92.5 Å². The maximum atomic E-state index is 13.6. The van der Waals surface area contributed by atoms with Gasteiger partial charge in [0.25, 0.3) is 5.91 Å². The van der Waals surface area contributed by atoms with Gasteiger partial charge in [-0.25, -0.2) is 0 Å². The van der Waals surface area contributed by atoms with Crippen molar-refractivity contribution in [2.24, 2.45) is 5.16 Å². The number of benzene rings is 3. The van der Waals surface area contributed by atoms with Crippen molar-refractivity contribution < 1.29 is 9.73 Å². The zero-order chi connectivity index (χ0) is 22.7. The zero-order valence-electron chi connectivity index (χ0n) is 18.6. The second-order valence-electron chi connectivity index (χ2n) is 8.17. The number of hydrazine groups is 2. The highest BCUT2D eigenvalue weighted by Crippen LogP contribution is 2.44. The summed E-state index contributed by atoms with van der Waals surface area (Å²) in [6, 6.07) is 15.2. The molecule has 3 aromatic rings. The molecule has 7 heteroatoms. The summed E-state index contributed by atoms with van der Waals surface area (Å²) in [6.45, 7) is 10.0. The van der Waals surface area contributed by atoms with E-state index in [1.54, 1.807) is 0 Å². The lowest BCUT2D eigenvalue weighted by atomic mass is 9.93. The van der Waals surface area contributed by atoms with E-state index in [1.165, 1.54) is 10.3 Å². The Hall–Kier alpha value is -3.35. The molecule has 6 nitrogen and oxygen atoms in total. The molecule has 162 valence electrons. The lowest BCUT2D eigenvalue weighted by Crippen LogP contribution is -2.49. The Labute approximate surface area is 192 Å². The van der Waals surface area contributed by atoms with Crippen molar-refractivity contribution >= 4 is 34.7 Å². The second kappa shape index (κ2) is 7.36. The number of amides is 1. The topological polar surface area (TPSA) is 48.4 Å². The molecule has 3 aromatic carbocycles. The van der Waals surface area contributed by atoms with E-state index >= 15 is 0 Å². The smallest absolute Gasteiger partial charge is 0.267 e. The summed E-state index contributed by atoms with van der Waals surface area (Å²) in [6.07, 6.45) is 0. The molecular formula is C25H23ClN4O2. The van der Waals surface area contributed by atoms with Crippen LogP contribution in [-0.4, -0.2) is 17.0 Å². The van der Waals surface area contributed by atoms with E-state index in [0.29, 0.717) is 11.4 Å². The molecule has 0 bridgehead atoms. The van der Waals surface area contributed by atoms with Crippen LogP contribution in [0.4, 0.5) is 11.4 Å². The van der Waals surface area contributed by atoms with Crippen LogP contribution in [0, 0.1) is 34.6 Å². The third-order valence-corrected chi connectivity index (χ3v) is 6.97. The summed E-state index contributed by atoms with van der Waals surface area (Å²) in [4.78, 5) is 19.4. The highest BCUT2D eigenvalue weighted by atomic mass is 35.5. The normalized spacial score (nSPS) is 14.9. The molecule has 0 saturated carbocycles. The Morgan fingerprint density at radius 1 is 0.844 bits per heavy atom. The summed E-state index contributed by atoms with van der Waals surface area (Å²) in [5.74, 6) is 0.432. The monoisotopic (exact) mass is 446 g/mol. The molecule has 0 unspecified atom stereocenters. The van der Waals surface area contributed by atoms with Crippen molar-refractivity contribution in [2.45, 2.75) is 34.6 Å². The van der Waals surface area contributed by atoms with E-state index in [0.717, 1.165) is 49.8 Å². The number of halogens is 1. The van der Waals surface area contributed by atoms with Crippen molar-refractivity contribution in [3.63, 3.8) is 0 Å². The van der Waals surface area contributed by atoms with Gasteiger partial charge < -0.3 is 0 Å². The van der Waals surface area contributed by atoms with Crippen LogP contribution < -0.4 is 10.0 Å².